The monoisotopic (exact) mass is 247 g/mol. The maximum Gasteiger partial charge on any atom is 0.573 e. The van der Waals surface area contributed by atoms with Crippen LogP contribution in [0, 0.1) is 0 Å². The molecule has 1 aromatic rings. The van der Waals surface area contributed by atoms with Crippen molar-refractivity contribution in [3.8, 4) is 5.75 Å². The summed E-state index contributed by atoms with van der Waals surface area (Å²) >= 11 is 0. The second-order valence-corrected chi connectivity index (χ2v) is 4.05. The minimum atomic E-state index is -4.63. The molecule has 0 aliphatic rings. The number of alkyl halides is 3. The summed E-state index contributed by atoms with van der Waals surface area (Å²) in [4.78, 5) is 0. The van der Waals surface area contributed by atoms with Crippen molar-refractivity contribution in [2.24, 2.45) is 0 Å². The summed E-state index contributed by atoms with van der Waals surface area (Å²) in [5, 5.41) is 3.20. The second kappa shape index (κ2) is 5.91. The highest BCUT2D eigenvalue weighted by molar-refractivity contribution is 5.28. The molecule has 0 bridgehead atoms. The Morgan fingerprint density at radius 1 is 1.29 bits per heavy atom. The smallest absolute Gasteiger partial charge is 0.406 e. The van der Waals surface area contributed by atoms with Crippen LogP contribution in [0.1, 0.15) is 19.4 Å². The van der Waals surface area contributed by atoms with Crippen LogP contribution < -0.4 is 10.1 Å². The van der Waals surface area contributed by atoms with E-state index in [1.165, 1.54) is 12.1 Å². The quantitative estimate of drug-likeness (QED) is 0.863. The van der Waals surface area contributed by atoms with Gasteiger partial charge in [-0.15, -0.1) is 13.2 Å². The van der Waals surface area contributed by atoms with Gasteiger partial charge in [0.25, 0.3) is 0 Å². The van der Waals surface area contributed by atoms with E-state index < -0.39 is 6.36 Å². The zero-order valence-electron chi connectivity index (χ0n) is 9.84. The normalized spacial score (nSPS) is 11.9. The maximum atomic E-state index is 12.0. The van der Waals surface area contributed by atoms with E-state index in [0.29, 0.717) is 12.5 Å². The lowest BCUT2D eigenvalue weighted by Gasteiger charge is -2.11. The molecular weight excluding hydrogens is 231 g/mol. The number of hydrogen-bond acceptors (Lipinski definition) is 2. The fourth-order valence-corrected chi connectivity index (χ4v) is 1.40. The van der Waals surface area contributed by atoms with Crippen molar-refractivity contribution < 1.29 is 17.9 Å². The van der Waals surface area contributed by atoms with E-state index in [1.807, 2.05) is 13.8 Å². The number of nitrogens with one attached hydrogen (secondary N) is 1. The lowest BCUT2D eigenvalue weighted by Crippen LogP contribution is -2.25. The van der Waals surface area contributed by atoms with Crippen molar-refractivity contribution in [1.82, 2.24) is 5.32 Å². The Bertz CT molecular complexity index is 350. The number of halogens is 3. The Labute approximate surface area is 98.8 Å². The number of ether oxygens (including phenoxy) is 1. The summed E-state index contributed by atoms with van der Waals surface area (Å²) < 4.78 is 39.8. The Kier molecular flexibility index (Phi) is 4.81. The Balaban J connectivity index is 2.54. The second-order valence-electron chi connectivity index (χ2n) is 4.05. The molecule has 0 aliphatic heterocycles. The summed E-state index contributed by atoms with van der Waals surface area (Å²) in [7, 11) is 0. The summed E-state index contributed by atoms with van der Waals surface area (Å²) in [6, 6.07) is 6.42. The molecule has 17 heavy (non-hydrogen) atoms. The van der Waals surface area contributed by atoms with E-state index in [0.717, 1.165) is 12.1 Å². The molecule has 0 amide bonds. The maximum absolute atomic E-state index is 12.0. The highest BCUT2D eigenvalue weighted by Crippen LogP contribution is 2.23. The van der Waals surface area contributed by atoms with Crippen LogP contribution in [0.4, 0.5) is 13.2 Å². The third-order valence-corrected chi connectivity index (χ3v) is 2.10. The lowest BCUT2D eigenvalue weighted by atomic mass is 10.1. The molecule has 0 unspecified atom stereocenters. The Morgan fingerprint density at radius 2 is 2.00 bits per heavy atom. The Morgan fingerprint density at radius 3 is 2.59 bits per heavy atom. The minimum Gasteiger partial charge on any atom is -0.406 e. The molecule has 0 fully saturated rings. The van der Waals surface area contributed by atoms with Crippen LogP contribution in [0.15, 0.2) is 24.3 Å². The third-order valence-electron chi connectivity index (χ3n) is 2.10. The zero-order valence-corrected chi connectivity index (χ0v) is 9.84. The fourth-order valence-electron chi connectivity index (χ4n) is 1.40. The highest BCUT2D eigenvalue weighted by atomic mass is 19.4. The molecule has 1 aromatic carbocycles. The van der Waals surface area contributed by atoms with Crippen molar-refractivity contribution in [2.75, 3.05) is 6.54 Å². The highest BCUT2D eigenvalue weighted by Gasteiger charge is 2.31. The summed E-state index contributed by atoms with van der Waals surface area (Å²) in [6.07, 6.45) is -3.96. The predicted molar refractivity (Wildman–Crippen MR) is 60.0 cm³/mol. The van der Waals surface area contributed by atoms with Crippen LogP contribution in [-0.4, -0.2) is 18.9 Å². The van der Waals surface area contributed by atoms with Gasteiger partial charge in [0, 0.05) is 6.04 Å². The molecule has 0 aromatic heterocycles. The minimum absolute atomic E-state index is 0.167. The number of benzene rings is 1. The van der Waals surface area contributed by atoms with Crippen LogP contribution in [0.25, 0.3) is 0 Å². The molecule has 5 heteroatoms. The molecule has 1 rings (SSSR count). The van der Waals surface area contributed by atoms with Gasteiger partial charge >= 0.3 is 6.36 Å². The largest absolute Gasteiger partial charge is 0.573 e. The van der Waals surface area contributed by atoms with Crippen LogP contribution in [0.5, 0.6) is 5.75 Å². The molecule has 0 spiro atoms. The van der Waals surface area contributed by atoms with Gasteiger partial charge in [-0.1, -0.05) is 26.0 Å². The SMILES string of the molecule is CC(C)NCCc1cccc(OC(F)(F)F)c1. The standard InChI is InChI=1S/C12H16F3NO/c1-9(2)16-7-6-10-4-3-5-11(8-10)17-12(13,14)15/h3-5,8-9,16H,6-7H2,1-2H3. The third kappa shape index (κ3) is 6.16. The molecular formula is C12H16F3NO. The molecule has 1 N–H and O–H groups in total. The summed E-state index contributed by atoms with van der Waals surface area (Å²) in [5.41, 5.74) is 0.819. The zero-order chi connectivity index (χ0) is 12.9. The van der Waals surface area contributed by atoms with E-state index in [-0.39, 0.29) is 5.75 Å². The predicted octanol–water partition coefficient (Wildman–Crippen LogP) is 3.13. The Hall–Kier alpha value is -1.23. The van der Waals surface area contributed by atoms with E-state index in [2.05, 4.69) is 10.1 Å². The molecule has 0 saturated heterocycles. The van der Waals surface area contributed by atoms with E-state index in [9.17, 15) is 13.2 Å². The van der Waals surface area contributed by atoms with Gasteiger partial charge in [0.15, 0.2) is 0 Å². The van der Waals surface area contributed by atoms with Gasteiger partial charge in [0.2, 0.25) is 0 Å². The summed E-state index contributed by atoms with van der Waals surface area (Å²) in [6.45, 7) is 4.76. The van der Waals surface area contributed by atoms with Gasteiger partial charge in [-0.2, -0.15) is 0 Å². The molecule has 0 aliphatic carbocycles. The van der Waals surface area contributed by atoms with Gasteiger partial charge in [0.1, 0.15) is 5.75 Å². The average Bonchev–Trinajstić information content (AvgIpc) is 2.14. The molecule has 0 saturated carbocycles. The first-order valence-electron chi connectivity index (χ1n) is 5.45. The first-order valence-corrected chi connectivity index (χ1v) is 5.45. The van der Waals surface area contributed by atoms with Crippen molar-refractivity contribution >= 4 is 0 Å². The lowest BCUT2D eigenvalue weighted by molar-refractivity contribution is -0.274. The van der Waals surface area contributed by atoms with Gasteiger partial charge < -0.3 is 10.1 Å². The fraction of sp³-hybridized carbons (Fsp3) is 0.500. The van der Waals surface area contributed by atoms with Crippen molar-refractivity contribution in [2.45, 2.75) is 32.7 Å². The van der Waals surface area contributed by atoms with Crippen molar-refractivity contribution in [3.63, 3.8) is 0 Å². The van der Waals surface area contributed by atoms with E-state index in [1.54, 1.807) is 12.1 Å². The van der Waals surface area contributed by atoms with Crippen molar-refractivity contribution in [1.29, 1.82) is 0 Å². The van der Waals surface area contributed by atoms with Crippen molar-refractivity contribution in [3.05, 3.63) is 29.8 Å². The first-order chi connectivity index (χ1) is 7.87. The molecule has 0 radical (unpaired) electrons. The van der Waals surface area contributed by atoms with Crippen LogP contribution in [-0.2, 0) is 6.42 Å². The van der Waals surface area contributed by atoms with Gasteiger partial charge in [-0.25, -0.2) is 0 Å². The van der Waals surface area contributed by atoms with Crippen LogP contribution in [0.3, 0.4) is 0 Å². The van der Waals surface area contributed by atoms with Crippen LogP contribution >= 0.6 is 0 Å². The van der Waals surface area contributed by atoms with Crippen LogP contribution in [0.2, 0.25) is 0 Å². The molecule has 0 atom stereocenters. The topological polar surface area (TPSA) is 21.3 Å². The number of hydrogen-bond donors (Lipinski definition) is 1. The number of rotatable bonds is 5. The van der Waals surface area contributed by atoms with Gasteiger partial charge in [-0.05, 0) is 30.7 Å². The summed E-state index contributed by atoms with van der Waals surface area (Å²) in [5.74, 6) is -0.167. The van der Waals surface area contributed by atoms with E-state index in [4.69, 9.17) is 0 Å². The average molecular weight is 247 g/mol. The van der Waals surface area contributed by atoms with Gasteiger partial charge in [-0.3, -0.25) is 0 Å². The first kappa shape index (κ1) is 13.8. The van der Waals surface area contributed by atoms with E-state index >= 15 is 0 Å². The van der Waals surface area contributed by atoms with Gasteiger partial charge in [0.05, 0.1) is 0 Å². The molecule has 0 heterocycles. The molecule has 2 nitrogen and oxygen atoms in total. The molecule has 96 valence electrons.